The molecule has 0 aliphatic carbocycles. The summed E-state index contributed by atoms with van der Waals surface area (Å²) in [4.78, 5) is 25.3. The highest BCUT2D eigenvalue weighted by Crippen LogP contribution is 2.24. The number of nitrogens with one attached hydrogen (secondary N) is 1. The average Bonchev–Trinajstić information content (AvgIpc) is 3.08. The molecule has 0 unspecified atom stereocenters. The van der Waals surface area contributed by atoms with Crippen molar-refractivity contribution in [2.24, 2.45) is 5.92 Å². The Bertz CT molecular complexity index is 944. The van der Waals surface area contributed by atoms with Gasteiger partial charge in [-0.1, -0.05) is 18.2 Å². The van der Waals surface area contributed by atoms with Crippen molar-refractivity contribution in [2.45, 2.75) is 26.2 Å². The van der Waals surface area contributed by atoms with E-state index >= 15 is 0 Å². The topological polar surface area (TPSA) is 91.2 Å². The first kappa shape index (κ1) is 17.6. The molecular formula is C19H21N5O3. The Morgan fingerprint density at radius 1 is 1.19 bits per heavy atom. The minimum Gasteiger partial charge on any atom is -0.350 e. The van der Waals surface area contributed by atoms with Crippen molar-refractivity contribution in [3.05, 3.63) is 48.5 Å². The van der Waals surface area contributed by atoms with Crippen molar-refractivity contribution in [3.8, 4) is 0 Å². The van der Waals surface area contributed by atoms with E-state index in [4.69, 9.17) is 9.47 Å². The maximum atomic E-state index is 12.4. The second-order valence-electron chi connectivity index (χ2n) is 7.00. The van der Waals surface area contributed by atoms with E-state index in [-0.39, 0.29) is 11.8 Å². The SMILES string of the molecule is CC1(C)OCC(Cn2cnc3c(NC(=O)c4ccccc4)ncnc32)CO1. The summed E-state index contributed by atoms with van der Waals surface area (Å²) in [6.07, 6.45) is 3.13. The van der Waals surface area contributed by atoms with Crippen LogP contribution in [-0.4, -0.2) is 44.4 Å². The normalized spacial score (nSPS) is 17.1. The summed E-state index contributed by atoms with van der Waals surface area (Å²) in [6, 6.07) is 8.98. The molecule has 0 saturated carbocycles. The molecule has 1 N–H and O–H groups in total. The molecule has 0 bridgehead atoms. The Morgan fingerprint density at radius 3 is 2.67 bits per heavy atom. The van der Waals surface area contributed by atoms with Crippen LogP contribution >= 0.6 is 0 Å². The number of nitrogens with zero attached hydrogens (tertiary/aromatic N) is 4. The lowest BCUT2D eigenvalue weighted by Gasteiger charge is -2.35. The largest absolute Gasteiger partial charge is 0.350 e. The molecule has 0 radical (unpaired) electrons. The molecule has 1 saturated heterocycles. The molecule has 140 valence electrons. The van der Waals surface area contributed by atoms with Crippen LogP contribution in [0, 0.1) is 5.92 Å². The molecule has 2 aromatic heterocycles. The Balaban J connectivity index is 1.52. The van der Waals surface area contributed by atoms with Crippen molar-refractivity contribution in [1.29, 1.82) is 0 Å². The molecule has 27 heavy (non-hydrogen) atoms. The lowest BCUT2D eigenvalue weighted by molar-refractivity contribution is -0.263. The molecule has 3 heterocycles. The summed E-state index contributed by atoms with van der Waals surface area (Å²) in [5.41, 5.74) is 1.78. The van der Waals surface area contributed by atoms with Gasteiger partial charge in [-0.15, -0.1) is 0 Å². The third-order valence-electron chi connectivity index (χ3n) is 4.46. The molecule has 8 nitrogen and oxygen atoms in total. The number of fused-ring (bicyclic) bond motifs is 1. The van der Waals surface area contributed by atoms with Crippen molar-refractivity contribution < 1.29 is 14.3 Å². The second-order valence-corrected chi connectivity index (χ2v) is 7.00. The van der Waals surface area contributed by atoms with Gasteiger partial charge in [-0.3, -0.25) is 4.79 Å². The number of carbonyl (C=O) groups excluding carboxylic acids is 1. The highest BCUT2D eigenvalue weighted by Gasteiger charge is 2.28. The smallest absolute Gasteiger partial charge is 0.256 e. The van der Waals surface area contributed by atoms with Gasteiger partial charge in [-0.05, 0) is 26.0 Å². The first-order valence-corrected chi connectivity index (χ1v) is 8.82. The molecule has 0 atom stereocenters. The Hall–Kier alpha value is -2.84. The van der Waals surface area contributed by atoms with Gasteiger partial charge >= 0.3 is 0 Å². The Kier molecular flexibility index (Phi) is 4.59. The standard InChI is InChI=1S/C19H21N5O3/c1-19(2)26-9-13(10-27-19)8-24-12-22-15-16(20-11-21-17(15)24)23-18(25)14-6-4-3-5-7-14/h3-7,11-13H,8-10H2,1-2H3,(H,20,21,23,25). The molecule has 1 amide bonds. The van der Waals surface area contributed by atoms with E-state index in [2.05, 4.69) is 20.3 Å². The van der Waals surface area contributed by atoms with Gasteiger partial charge < -0.3 is 19.4 Å². The van der Waals surface area contributed by atoms with Crippen LogP contribution in [0.25, 0.3) is 11.2 Å². The number of carbonyl (C=O) groups is 1. The van der Waals surface area contributed by atoms with Gasteiger partial charge in [-0.25, -0.2) is 15.0 Å². The number of amides is 1. The number of imidazole rings is 1. The summed E-state index contributed by atoms with van der Waals surface area (Å²) in [7, 11) is 0. The van der Waals surface area contributed by atoms with Crippen LogP contribution in [0.4, 0.5) is 5.82 Å². The van der Waals surface area contributed by atoms with Gasteiger partial charge in [-0.2, -0.15) is 0 Å². The maximum Gasteiger partial charge on any atom is 0.256 e. The average molecular weight is 367 g/mol. The Labute approximate surface area is 156 Å². The summed E-state index contributed by atoms with van der Waals surface area (Å²) >= 11 is 0. The molecule has 1 aliphatic heterocycles. The zero-order chi connectivity index (χ0) is 18.9. The molecule has 4 rings (SSSR count). The number of ether oxygens (including phenoxy) is 2. The molecule has 3 aromatic rings. The number of benzene rings is 1. The van der Waals surface area contributed by atoms with Crippen molar-refractivity contribution >= 4 is 22.9 Å². The number of hydrogen-bond acceptors (Lipinski definition) is 6. The monoisotopic (exact) mass is 367 g/mol. The van der Waals surface area contributed by atoms with Crippen molar-refractivity contribution in [3.63, 3.8) is 0 Å². The molecule has 0 spiro atoms. The fourth-order valence-corrected chi connectivity index (χ4v) is 2.99. The third kappa shape index (κ3) is 3.81. The minimum absolute atomic E-state index is 0.202. The van der Waals surface area contributed by atoms with Crippen LogP contribution in [-0.2, 0) is 16.0 Å². The van der Waals surface area contributed by atoms with Gasteiger partial charge in [0.25, 0.3) is 5.91 Å². The molecule has 1 aliphatic rings. The second kappa shape index (κ2) is 7.05. The van der Waals surface area contributed by atoms with Gasteiger partial charge in [0, 0.05) is 18.0 Å². The maximum absolute atomic E-state index is 12.4. The zero-order valence-electron chi connectivity index (χ0n) is 15.3. The van der Waals surface area contributed by atoms with Crippen LogP contribution in [0.5, 0.6) is 0 Å². The fraction of sp³-hybridized carbons (Fsp3) is 0.368. The molecule has 8 heteroatoms. The van der Waals surface area contributed by atoms with E-state index in [1.165, 1.54) is 6.33 Å². The lowest BCUT2D eigenvalue weighted by Crippen LogP contribution is -2.40. The summed E-state index contributed by atoms with van der Waals surface area (Å²) in [5.74, 6) is -0.177. The van der Waals surface area contributed by atoms with E-state index in [0.29, 0.717) is 42.3 Å². The number of rotatable bonds is 4. The number of aromatic nitrogens is 4. The van der Waals surface area contributed by atoms with Gasteiger partial charge in [0.2, 0.25) is 0 Å². The molecular weight excluding hydrogens is 346 g/mol. The molecule has 1 aromatic carbocycles. The third-order valence-corrected chi connectivity index (χ3v) is 4.46. The number of hydrogen-bond donors (Lipinski definition) is 1. The van der Waals surface area contributed by atoms with E-state index in [9.17, 15) is 4.79 Å². The summed E-state index contributed by atoms with van der Waals surface area (Å²) in [6.45, 7) is 5.69. The van der Waals surface area contributed by atoms with Crippen LogP contribution in [0.15, 0.2) is 43.0 Å². The van der Waals surface area contributed by atoms with Gasteiger partial charge in [0.1, 0.15) is 6.33 Å². The van der Waals surface area contributed by atoms with Crippen LogP contribution < -0.4 is 5.32 Å². The summed E-state index contributed by atoms with van der Waals surface area (Å²) in [5, 5.41) is 2.81. The number of anilines is 1. The predicted molar refractivity (Wildman–Crippen MR) is 99.2 cm³/mol. The predicted octanol–water partition coefficient (Wildman–Crippen LogP) is 2.48. The lowest BCUT2D eigenvalue weighted by atomic mass is 10.1. The van der Waals surface area contributed by atoms with E-state index in [1.54, 1.807) is 18.5 Å². The minimum atomic E-state index is -0.537. The first-order valence-electron chi connectivity index (χ1n) is 8.82. The molecule has 1 fully saturated rings. The van der Waals surface area contributed by atoms with Gasteiger partial charge in [0.15, 0.2) is 22.8 Å². The fourth-order valence-electron chi connectivity index (χ4n) is 2.99. The summed E-state index contributed by atoms with van der Waals surface area (Å²) < 4.78 is 13.4. The highest BCUT2D eigenvalue weighted by atomic mass is 16.7. The van der Waals surface area contributed by atoms with Crippen LogP contribution in [0.1, 0.15) is 24.2 Å². The van der Waals surface area contributed by atoms with E-state index in [0.717, 1.165) is 0 Å². The zero-order valence-corrected chi connectivity index (χ0v) is 15.3. The van der Waals surface area contributed by atoms with E-state index in [1.807, 2.05) is 36.6 Å². The van der Waals surface area contributed by atoms with Crippen molar-refractivity contribution in [1.82, 2.24) is 19.5 Å². The van der Waals surface area contributed by atoms with Crippen LogP contribution in [0.3, 0.4) is 0 Å². The van der Waals surface area contributed by atoms with Crippen LogP contribution in [0.2, 0.25) is 0 Å². The van der Waals surface area contributed by atoms with Gasteiger partial charge in [0.05, 0.1) is 19.5 Å². The quantitative estimate of drug-likeness (QED) is 0.762. The first-order chi connectivity index (χ1) is 13.0. The Morgan fingerprint density at radius 2 is 1.93 bits per heavy atom. The van der Waals surface area contributed by atoms with E-state index < -0.39 is 5.79 Å². The van der Waals surface area contributed by atoms with Crippen molar-refractivity contribution in [2.75, 3.05) is 18.5 Å². The highest BCUT2D eigenvalue weighted by molar-refractivity contribution is 6.06.